The van der Waals surface area contributed by atoms with E-state index in [4.69, 9.17) is 9.15 Å². The predicted octanol–water partition coefficient (Wildman–Crippen LogP) is 5.09. The van der Waals surface area contributed by atoms with Crippen LogP contribution in [0.3, 0.4) is 0 Å². The van der Waals surface area contributed by atoms with Crippen molar-refractivity contribution in [2.24, 2.45) is 0 Å². The molecule has 4 aromatic rings. The first-order valence-corrected chi connectivity index (χ1v) is 10.2. The highest BCUT2D eigenvalue weighted by Gasteiger charge is 2.24. The van der Waals surface area contributed by atoms with Crippen LogP contribution >= 0.6 is 11.3 Å². The van der Waals surface area contributed by atoms with Crippen molar-refractivity contribution < 1.29 is 23.1 Å². The summed E-state index contributed by atoms with van der Waals surface area (Å²) in [6, 6.07) is 13.9. The summed E-state index contributed by atoms with van der Waals surface area (Å²) in [5.74, 6) is -1.75. The van der Waals surface area contributed by atoms with E-state index in [1.165, 1.54) is 30.3 Å². The third-order valence-corrected chi connectivity index (χ3v) is 5.43. The second kappa shape index (κ2) is 8.53. The number of thiophene rings is 1. The Bertz CT molecular complexity index is 1340. The first-order chi connectivity index (χ1) is 15.0. The Morgan fingerprint density at radius 2 is 1.87 bits per heavy atom. The highest BCUT2D eigenvalue weighted by atomic mass is 32.1. The van der Waals surface area contributed by atoms with E-state index in [1.54, 1.807) is 36.6 Å². The van der Waals surface area contributed by atoms with Gasteiger partial charge in [0.1, 0.15) is 27.5 Å². The van der Waals surface area contributed by atoms with E-state index < -0.39 is 23.3 Å². The number of carbonyl (C=O) groups is 2. The molecule has 0 saturated heterocycles. The molecule has 0 unspecified atom stereocenters. The Labute approximate surface area is 179 Å². The molecule has 156 valence electrons. The molecule has 0 spiro atoms. The van der Waals surface area contributed by atoms with E-state index in [2.05, 4.69) is 5.32 Å². The summed E-state index contributed by atoms with van der Waals surface area (Å²) in [4.78, 5) is 37.8. The van der Waals surface area contributed by atoms with Gasteiger partial charge in [-0.05, 0) is 36.8 Å². The minimum atomic E-state index is -0.788. The monoisotopic (exact) mass is 437 g/mol. The number of ether oxygens (including phenoxy) is 1. The van der Waals surface area contributed by atoms with Gasteiger partial charge in [-0.25, -0.2) is 14.0 Å². The molecule has 4 rings (SSSR count). The third kappa shape index (κ3) is 4.10. The number of para-hydroxylation sites is 1. The molecule has 6 nitrogen and oxygen atoms in total. The predicted molar refractivity (Wildman–Crippen MR) is 116 cm³/mol. The molecule has 2 heterocycles. The fourth-order valence-electron chi connectivity index (χ4n) is 3.09. The van der Waals surface area contributed by atoms with Gasteiger partial charge in [0.2, 0.25) is 0 Å². The number of halogens is 1. The zero-order chi connectivity index (χ0) is 22.0. The lowest BCUT2D eigenvalue weighted by Gasteiger charge is -2.09. The van der Waals surface area contributed by atoms with Crippen molar-refractivity contribution in [1.29, 1.82) is 0 Å². The second-order valence-electron chi connectivity index (χ2n) is 6.52. The van der Waals surface area contributed by atoms with Gasteiger partial charge in [-0.2, -0.15) is 0 Å². The minimum absolute atomic E-state index is 0.136. The smallest absolute Gasteiger partial charge is 0.349 e. The van der Waals surface area contributed by atoms with E-state index in [-0.39, 0.29) is 22.7 Å². The highest BCUT2D eigenvalue weighted by molar-refractivity contribution is 7.15. The Kier molecular flexibility index (Phi) is 5.64. The van der Waals surface area contributed by atoms with Crippen molar-refractivity contribution in [1.82, 2.24) is 0 Å². The van der Waals surface area contributed by atoms with Crippen LogP contribution in [0, 0.1) is 5.82 Å². The normalized spacial score (nSPS) is 10.8. The quantitative estimate of drug-likeness (QED) is 0.347. The first kappa shape index (κ1) is 20.5. The summed E-state index contributed by atoms with van der Waals surface area (Å²) < 4.78 is 23.7. The summed E-state index contributed by atoms with van der Waals surface area (Å²) in [5.41, 5.74) is 0.605. The zero-order valence-corrected chi connectivity index (χ0v) is 17.1. The number of fused-ring (bicyclic) bond motifs is 1. The summed E-state index contributed by atoms with van der Waals surface area (Å²) in [6.07, 6.45) is 0. The van der Waals surface area contributed by atoms with E-state index in [9.17, 15) is 18.8 Å². The molecule has 2 aromatic carbocycles. The van der Waals surface area contributed by atoms with Gasteiger partial charge in [0, 0.05) is 16.3 Å². The molecule has 0 saturated carbocycles. The Balaban J connectivity index is 1.73. The molecule has 1 amide bonds. The number of nitrogens with one attached hydrogen (secondary N) is 1. The summed E-state index contributed by atoms with van der Waals surface area (Å²) >= 11 is 1.10. The fourth-order valence-corrected chi connectivity index (χ4v) is 4.04. The van der Waals surface area contributed by atoms with Crippen LogP contribution in [0.2, 0.25) is 0 Å². The molecule has 0 aliphatic carbocycles. The molecule has 0 aliphatic heterocycles. The third-order valence-electron chi connectivity index (χ3n) is 4.54. The van der Waals surface area contributed by atoms with E-state index >= 15 is 0 Å². The van der Waals surface area contributed by atoms with Crippen LogP contribution in [-0.2, 0) is 4.74 Å². The fraction of sp³-hybridized carbons (Fsp3) is 0.0870. The number of hydrogen-bond donors (Lipinski definition) is 1. The van der Waals surface area contributed by atoms with Crippen molar-refractivity contribution in [2.75, 3.05) is 11.9 Å². The van der Waals surface area contributed by atoms with E-state index in [1.807, 2.05) is 0 Å². The van der Waals surface area contributed by atoms with Gasteiger partial charge in [-0.1, -0.05) is 30.3 Å². The van der Waals surface area contributed by atoms with Crippen LogP contribution in [0.25, 0.3) is 22.1 Å². The van der Waals surface area contributed by atoms with Crippen molar-refractivity contribution in [2.45, 2.75) is 6.92 Å². The van der Waals surface area contributed by atoms with Crippen molar-refractivity contribution in [3.05, 3.63) is 87.3 Å². The standard InChI is InChI=1S/C23H16FNO5S/c1-2-29-23(28)19-17(13-7-9-15(24)10-8-13)12-31-21(19)25-20(26)16-11-14-5-3-4-6-18(14)30-22(16)27/h3-12H,2H2,1H3,(H,25,26). The number of anilines is 1. The van der Waals surface area contributed by atoms with Gasteiger partial charge in [0.25, 0.3) is 5.91 Å². The molecular formula is C23H16FNO5S. The Hall–Kier alpha value is -3.78. The lowest BCUT2D eigenvalue weighted by molar-refractivity contribution is 0.0529. The second-order valence-corrected chi connectivity index (χ2v) is 7.40. The molecule has 31 heavy (non-hydrogen) atoms. The Morgan fingerprint density at radius 3 is 2.61 bits per heavy atom. The summed E-state index contributed by atoms with van der Waals surface area (Å²) in [6.45, 7) is 1.81. The van der Waals surface area contributed by atoms with Crippen LogP contribution in [0.1, 0.15) is 27.6 Å². The van der Waals surface area contributed by atoms with E-state index in [0.29, 0.717) is 22.1 Å². The number of carbonyl (C=O) groups excluding carboxylic acids is 2. The van der Waals surface area contributed by atoms with Gasteiger partial charge in [0.15, 0.2) is 0 Å². The molecule has 0 bridgehead atoms. The number of esters is 1. The first-order valence-electron chi connectivity index (χ1n) is 9.36. The molecular weight excluding hydrogens is 421 g/mol. The van der Waals surface area contributed by atoms with Gasteiger partial charge >= 0.3 is 11.6 Å². The van der Waals surface area contributed by atoms with E-state index in [0.717, 1.165) is 11.3 Å². The van der Waals surface area contributed by atoms with Crippen LogP contribution in [0.4, 0.5) is 9.39 Å². The number of benzene rings is 2. The average Bonchev–Trinajstić information content (AvgIpc) is 3.17. The molecule has 2 aromatic heterocycles. The van der Waals surface area contributed by atoms with Crippen LogP contribution in [-0.4, -0.2) is 18.5 Å². The Morgan fingerprint density at radius 1 is 1.13 bits per heavy atom. The van der Waals surface area contributed by atoms with Crippen molar-refractivity contribution in [3.8, 4) is 11.1 Å². The lowest BCUT2D eigenvalue weighted by atomic mass is 10.0. The number of hydrogen-bond acceptors (Lipinski definition) is 6. The molecule has 1 N–H and O–H groups in total. The van der Waals surface area contributed by atoms with Crippen LogP contribution < -0.4 is 10.9 Å². The highest BCUT2D eigenvalue weighted by Crippen LogP contribution is 2.36. The molecule has 0 atom stereocenters. The summed E-state index contributed by atoms with van der Waals surface area (Å²) in [7, 11) is 0. The maximum atomic E-state index is 13.3. The van der Waals surface area contributed by atoms with Crippen molar-refractivity contribution in [3.63, 3.8) is 0 Å². The molecule has 0 fully saturated rings. The van der Waals surface area contributed by atoms with Gasteiger partial charge in [-0.15, -0.1) is 11.3 Å². The lowest BCUT2D eigenvalue weighted by Crippen LogP contribution is -2.21. The van der Waals surface area contributed by atoms with Gasteiger partial charge in [-0.3, -0.25) is 4.79 Å². The van der Waals surface area contributed by atoms with Crippen LogP contribution in [0.5, 0.6) is 0 Å². The molecule has 0 radical (unpaired) electrons. The van der Waals surface area contributed by atoms with Crippen molar-refractivity contribution >= 4 is 39.2 Å². The largest absolute Gasteiger partial charge is 0.462 e. The van der Waals surface area contributed by atoms with Crippen LogP contribution in [0.15, 0.2) is 69.2 Å². The van der Waals surface area contributed by atoms with Gasteiger partial charge in [0.05, 0.1) is 6.61 Å². The minimum Gasteiger partial charge on any atom is -0.462 e. The summed E-state index contributed by atoms with van der Waals surface area (Å²) in [5, 5.41) is 5.09. The zero-order valence-electron chi connectivity index (χ0n) is 16.3. The average molecular weight is 437 g/mol. The maximum absolute atomic E-state index is 13.3. The molecule has 0 aliphatic rings. The maximum Gasteiger partial charge on any atom is 0.349 e. The SMILES string of the molecule is CCOC(=O)c1c(-c2ccc(F)cc2)csc1NC(=O)c1cc2ccccc2oc1=O. The number of amides is 1. The van der Waals surface area contributed by atoms with Gasteiger partial charge < -0.3 is 14.5 Å². The topological polar surface area (TPSA) is 85.6 Å². The number of rotatable bonds is 5. The molecule has 8 heteroatoms.